The first-order chi connectivity index (χ1) is 6.20. The monoisotopic (exact) mass is 207 g/mol. The van der Waals surface area contributed by atoms with E-state index in [0.717, 1.165) is 0 Å². The van der Waals surface area contributed by atoms with Crippen LogP contribution in [0.3, 0.4) is 0 Å². The van der Waals surface area contributed by atoms with Gasteiger partial charge in [-0.05, 0) is 12.8 Å². The van der Waals surface area contributed by atoms with Crippen molar-refractivity contribution in [1.82, 2.24) is 5.01 Å². The number of nitrogens with two attached hydrogens (primary N) is 2. The van der Waals surface area contributed by atoms with Crippen LogP contribution >= 0.6 is 12.1 Å². The van der Waals surface area contributed by atoms with Crippen LogP contribution in [0, 0.1) is 0 Å². The zero-order chi connectivity index (χ0) is 10.1. The van der Waals surface area contributed by atoms with Crippen LogP contribution in [-0.2, 0) is 4.79 Å². The van der Waals surface area contributed by atoms with E-state index in [2.05, 4.69) is 0 Å². The molecule has 0 amide bonds. The van der Waals surface area contributed by atoms with Crippen molar-refractivity contribution in [1.29, 1.82) is 0 Å². The number of nitrogens with zero attached hydrogens (tertiary/aromatic N) is 1. The van der Waals surface area contributed by atoms with Crippen LogP contribution in [0.15, 0.2) is 11.9 Å². The smallest absolute Gasteiger partial charge is 0.140 e. The number of rotatable bonds is 7. The van der Waals surface area contributed by atoms with Crippen molar-refractivity contribution in [2.75, 3.05) is 12.3 Å². The van der Waals surface area contributed by atoms with Crippen LogP contribution < -0.4 is 11.6 Å². The van der Waals surface area contributed by atoms with Gasteiger partial charge in [0.15, 0.2) is 0 Å². The van der Waals surface area contributed by atoms with Crippen LogP contribution in [0.4, 0.5) is 3.89 Å². The summed E-state index contributed by atoms with van der Waals surface area (Å²) in [6, 6.07) is 0. The minimum absolute atomic E-state index is 0.110. The molecule has 0 spiro atoms. The number of aldehydes is 1. The summed E-state index contributed by atoms with van der Waals surface area (Å²) < 4.78 is 11.6. The predicted molar refractivity (Wildman–Crippen MR) is 52.0 cm³/mol. The van der Waals surface area contributed by atoms with E-state index in [0.29, 0.717) is 30.6 Å². The Morgan fingerprint density at radius 2 is 2.31 bits per heavy atom. The van der Waals surface area contributed by atoms with Gasteiger partial charge < -0.3 is 15.5 Å². The van der Waals surface area contributed by atoms with E-state index >= 15 is 0 Å². The van der Waals surface area contributed by atoms with Gasteiger partial charge in [-0.2, -0.15) is 3.89 Å². The fourth-order valence-corrected chi connectivity index (χ4v) is 1.00. The predicted octanol–water partition coefficient (Wildman–Crippen LogP) is 0.559. The molecule has 0 heterocycles. The van der Waals surface area contributed by atoms with Gasteiger partial charge in [0.05, 0.1) is 6.54 Å². The third-order valence-corrected chi connectivity index (χ3v) is 1.75. The van der Waals surface area contributed by atoms with Gasteiger partial charge in [0.2, 0.25) is 0 Å². The molecule has 0 aliphatic carbocycles. The molecule has 0 radical (unpaired) electrons. The Hall–Kier alpha value is -0.750. The summed E-state index contributed by atoms with van der Waals surface area (Å²) in [5.74, 6) is 5.78. The number of carbonyl (C=O) groups excluding carboxylic acids is 1. The fourth-order valence-electron chi connectivity index (χ4n) is 0.747. The van der Waals surface area contributed by atoms with Gasteiger partial charge in [0, 0.05) is 29.8 Å². The SMILES string of the molecule is N/C(=C\N(N)CC=O)CCCSF. The zero-order valence-corrected chi connectivity index (χ0v) is 8.10. The largest absolute Gasteiger partial charge is 0.401 e. The Morgan fingerprint density at radius 3 is 2.85 bits per heavy atom. The van der Waals surface area contributed by atoms with E-state index in [-0.39, 0.29) is 18.7 Å². The number of halogens is 1. The summed E-state index contributed by atoms with van der Waals surface area (Å²) in [7, 11) is 0. The summed E-state index contributed by atoms with van der Waals surface area (Å²) in [6.45, 7) is 0.110. The third kappa shape index (κ3) is 7.61. The lowest BCUT2D eigenvalue weighted by Crippen LogP contribution is -2.28. The molecule has 76 valence electrons. The van der Waals surface area contributed by atoms with Crippen molar-refractivity contribution < 1.29 is 8.68 Å². The molecule has 4 nitrogen and oxygen atoms in total. The molecule has 0 fully saturated rings. The van der Waals surface area contributed by atoms with Crippen molar-refractivity contribution in [3.8, 4) is 0 Å². The standard InChI is InChI=1S/C7H14FN3OS/c8-13-5-1-2-7(9)6-11(10)3-4-12/h4,6H,1-3,5,9-10H2/b7-6-. The van der Waals surface area contributed by atoms with E-state index in [1.165, 1.54) is 11.2 Å². The molecule has 0 aliphatic heterocycles. The van der Waals surface area contributed by atoms with Crippen molar-refractivity contribution in [3.05, 3.63) is 11.9 Å². The second-order valence-corrected chi connectivity index (χ2v) is 3.11. The number of carbonyl (C=O) groups is 1. The Kier molecular flexibility index (Phi) is 7.42. The molecule has 0 aromatic rings. The first-order valence-electron chi connectivity index (χ1n) is 3.85. The van der Waals surface area contributed by atoms with E-state index in [1.54, 1.807) is 0 Å². The highest BCUT2D eigenvalue weighted by Gasteiger charge is 1.95. The van der Waals surface area contributed by atoms with Gasteiger partial charge in [-0.1, -0.05) is 0 Å². The molecular weight excluding hydrogens is 193 g/mol. The summed E-state index contributed by atoms with van der Waals surface area (Å²) in [5, 5.41) is 1.20. The molecule has 0 rings (SSSR count). The van der Waals surface area contributed by atoms with Gasteiger partial charge in [0.1, 0.15) is 6.29 Å². The second-order valence-electron chi connectivity index (χ2n) is 2.48. The number of hydrogen-bond donors (Lipinski definition) is 2. The fraction of sp³-hybridized carbons (Fsp3) is 0.571. The quantitative estimate of drug-likeness (QED) is 0.276. The molecule has 0 atom stereocenters. The summed E-state index contributed by atoms with van der Waals surface area (Å²) in [5.41, 5.74) is 6.09. The highest BCUT2D eigenvalue weighted by Crippen LogP contribution is 2.07. The summed E-state index contributed by atoms with van der Waals surface area (Å²) >= 11 is 0.289. The van der Waals surface area contributed by atoms with E-state index in [9.17, 15) is 8.68 Å². The molecule has 4 N–H and O–H groups in total. The summed E-state index contributed by atoms with van der Waals surface area (Å²) in [6.07, 6.45) is 3.42. The Balaban J connectivity index is 3.66. The Bertz CT molecular complexity index is 177. The maximum atomic E-state index is 11.6. The molecule has 0 aromatic carbocycles. The van der Waals surface area contributed by atoms with Gasteiger partial charge in [-0.25, -0.2) is 5.84 Å². The Morgan fingerprint density at radius 1 is 1.62 bits per heavy atom. The van der Waals surface area contributed by atoms with E-state index in [4.69, 9.17) is 11.6 Å². The van der Waals surface area contributed by atoms with Crippen molar-refractivity contribution in [3.63, 3.8) is 0 Å². The third-order valence-electron chi connectivity index (χ3n) is 1.30. The lowest BCUT2D eigenvalue weighted by atomic mass is 10.3. The van der Waals surface area contributed by atoms with Crippen LogP contribution in [-0.4, -0.2) is 23.6 Å². The number of allylic oxidation sites excluding steroid dienone is 1. The molecule has 6 heteroatoms. The van der Waals surface area contributed by atoms with E-state index in [1.807, 2.05) is 0 Å². The van der Waals surface area contributed by atoms with Crippen molar-refractivity contribution in [2.45, 2.75) is 12.8 Å². The average molecular weight is 207 g/mol. The van der Waals surface area contributed by atoms with Crippen LogP contribution in [0.2, 0.25) is 0 Å². The average Bonchev–Trinajstić information content (AvgIpc) is 2.05. The molecule has 13 heavy (non-hydrogen) atoms. The minimum atomic E-state index is 0.110. The van der Waals surface area contributed by atoms with Gasteiger partial charge in [-0.3, -0.25) is 0 Å². The molecule has 0 saturated carbocycles. The van der Waals surface area contributed by atoms with Crippen molar-refractivity contribution >= 4 is 18.4 Å². The Labute approximate surface area is 81.4 Å². The topological polar surface area (TPSA) is 72.3 Å². The first kappa shape index (κ1) is 12.2. The van der Waals surface area contributed by atoms with Crippen LogP contribution in [0.1, 0.15) is 12.8 Å². The van der Waals surface area contributed by atoms with Gasteiger partial charge in [0.25, 0.3) is 0 Å². The van der Waals surface area contributed by atoms with Gasteiger partial charge in [-0.15, -0.1) is 0 Å². The number of hydrazine groups is 1. The minimum Gasteiger partial charge on any atom is -0.401 e. The van der Waals surface area contributed by atoms with Crippen molar-refractivity contribution in [2.24, 2.45) is 11.6 Å². The maximum absolute atomic E-state index is 11.6. The number of hydrogen-bond acceptors (Lipinski definition) is 5. The molecule has 0 aliphatic rings. The zero-order valence-electron chi connectivity index (χ0n) is 7.28. The van der Waals surface area contributed by atoms with Crippen LogP contribution in [0.5, 0.6) is 0 Å². The lowest BCUT2D eigenvalue weighted by molar-refractivity contribution is -0.108. The first-order valence-corrected chi connectivity index (χ1v) is 4.74. The van der Waals surface area contributed by atoms with Gasteiger partial charge >= 0.3 is 0 Å². The normalized spacial score (nSPS) is 11.4. The molecule has 0 aromatic heterocycles. The van der Waals surface area contributed by atoms with Crippen LogP contribution in [0.25, 0.3) is 0 Å². The summed E-state index contributed by atoms with van der Waals surface area (Å²) in [4.78, 5) is 10.0. The lowest BCUT2D eigenvalue weighted by Gasteiger charge is -2.10. The second kappa shape index (κ2) is 7.88. The highest BCUT2D eigenvalue weighted by atomic mass is 32.2. The molecule has 0 saturated heterocycles. The maximum Gasteiger partial charge on any atom is 0.140 e. The molecule has 0 bridgehead atoms. The highest BCUT2D eigenvalue weighted by molar-refractivity contribution is 7.94. The molecular formula is C7H14FN3OS. The molecule has 0 unspecified atom stereocenters. The van der Waals surface area contributed by atoms with E-state index < -0.39 is 0 Å².